The molecule has 0 atom stereocenters. The quantitative estimate of drug-likeness (QED) is 0.0498. The third kappa shape index (κ3) is 8.98. The van der Waals surface area contributed by atoms with Gasteiger partial charge in [0.15, 0.2) is 10.6 Å². The monoisotopic (exact) mass is 859 g/mol. The zero-order valence-electron chi connectivity index (χ0n) is 28.4. The SMILES string of the molecule is COc1ccc(N=[N+]=C2C(=O)c3ccc(Nc4nc(Nc5cc(S(=O)(=O)O)ccc5Cl)nc(N5C=CC(=C(O)O)C=C5)n4)cc3C=C2S(=O)(=O)O)c(S(=O)(=O)O)c1. The second-order valence-corrected chi connectivity index (χ2v) is 16.0. The summed E-state index contributed by atoms with van der Waals surface area (Å²) in [5.41, 5.74) is -1.40. The number of allylic oxidation sites excluding steroid dienone is 4. The number of aliphatic hydroxyl groups is 2. The number of carbonyl (C=O) groups is 1. The lowest BCUT2D eigenvalue weighted by molar-refractivity contribution is -0.0760. The number of Topliss-reactive ketones (excluding diaryl/α,β-unsaturated/α-hetero) is 1. The number of carbonyl (C=O) groups excluding carboxylic acids is 1. The maximum atomic E-state index is 13.6. The van der Waals surface area contributed by atoms with Crippen molar-refractivity contribution in [2.75, 3.05) is 22.6 Å². The van der Waals surface area contributed by atoms with Crippen LogP contribution in [0.1, 0.15) is 15.9 Å². The molecule has 0 saturated heterocycles. The predicted octanol–water partition coefficient (Wildman–Crippen LogP) is 4.55. The highest BCUT2D eigenvalue weighted by atomic mass is 35.5. The Balaban J connectivity index is 1.41. The second kappa shape index (κ2) is 15.2. The van der Waals surface area contributed by atoms with Crippen molar-refractivity contribution in [1.82, 2.24) is 15.0 Å². The van der Waals surface area contributed by atoms with E-state index in [9.17, 15) is 53.9 Å². The Morgan fingerprint density at radius 1 is 0.842 bits per heavy atom. The van der Waals surface area contributed by atoms with Gasteiger partial charge in [-0.3, -0.25) is 23.4 Å². The number of ether oxygens (including phenoxy) is 1. The van der Waals surface area contributed by atoms with E-state index in [0.29, 0.717) is 0 Å². The molecule has 0 fully saturated rings. The molecule has 25 heteroatoms. The molecule has 1 aliphatic heterocycles. The van der Waals surface area contributed by atoms with E-state index >= 15 is 0 Å². The molecule has 3 aromatic carbocycles. The summed E-state index contributed by atoms with van der Waals surface area (Å²) < 4.78 is 107. The molecule has 0 unspecified atom stereocenters. The fourth-order valence-corrected chi connectivity index (χ4v) is 7.00. The van der Waals surface area contributed by atoms with Crippen molar-refractivity contribution < 1.29 is 63.4 Å². The number of ketones is 1. The fraction of sp³-hybridized carbons (Fsp3) is 0.0312. The molecule has 0 saturated carbocycles. The van der Waals surface area contributed by atoms with Crippen LogP contribution in [0.3, 0.4) is 0 Å². The van der Waals surface area contributed by atoms with E-state index in [2.05, 4.69) is 35.5 Å². The van der Waals surface area contributed by atoms with Crippen LogP contribution < -0.4 is 20.3 Å². The Morgan fingerprint density at radius 2 is 1.53 bits per heavy atom. The van der Waals surface area contributed by atoms with Gasteiger partial charge in [-0.15, -0.1) is 0 Å². The summed E-state index contributed by atoms with van der Waals surface area (Å²) in [6, 6.07) is 10.4. The third-order valence-corrected chi connectivity index (χ3v) is 10.6. The van der Waals surface area contributed by atoms with E-state index < -0.39 is 68.2 Å². The number of fused-ring (bicyclic) bond motifs is 1. The fourth-order valence-electron chi connectivity index (χ4n) is 5.03. The lowest BCUT2D eigenvalue weighted by Crippen LogP contribution is -2.27. The lowest BCUT2D eigenvalue weighted by Gasteiger charge is -2.19. The molecular weight excluding hydrogens is 836 g/mol. The van der Waals surface area contributed by atoms with Gasteiger partial charge in [-0.25, -0.2) is 0 Å². The topological polar surface area (TPSA) is 322 Å². The van der Waals surface area contributed by atoms with Gasteiger partial charge in [0.2, 0.25) is 17.8 Å². The first kappa shape index (κ1) is 40.2. The molecular formula is C32H24ClN8O13S3+. The molecule has 1 aliphatic carbocycles. The van der Waals surface area contributed by atoms with Crippen LogP contribution in [0.25, 0.3) is 6.08 Å². The van der Waals surface area contributed by atoms with Gasteiger partial charge < -0.3 is 25.6 Å². The Labute approximate surface area is 326 Å². The summed E-state index contributed by atoms with van der Waals surface area (Å²) in [6.07, 6.45) is 6.28. The molecule has 0 spiro atoms. The van der Waals surface area contributed by atoms with E-state index in [-0.39, 0.29) is 56.7 Å². The van der Waals surface area contributed by atoms with E-state index in [1.165, 1.54) is 66.9 Å². The number of aromatic nitrogens is 3. The molecule has 4 aromatic rings. The molecule has 0 bridgehead atoms. The molecule has 7 N–H and O–H groups in total. The summed E-state index contributed by atoms with van der Waals surface area (Å²) in [4.78, 5) is 29.2. The van der Waals surface area contributed by atoms with Crippen LogP contribution in [-0.4, -0.2) is 87.5 Å². The Bertz CT molecular complexity index is 2910. The van der Waals surface area contributed by atoms with Gasteiger partial charge in [0.05, 0.1) is 33.1 Å². The normalized spacial score (nSPS) is 14.1. The number of nitrogens with zero attached hydrogens (tertiary/aromatic N) is 6. The summed E-state index contributed by atoms with van der Waals surface area (Å²) in [7, 11) is -13.5. The van der Waals surface area contributed by atoms with Crippen molar-refractivity contribution in [3.05, 3.63) is 112 Å². The Hall–Kier alpha value is -6.50. The first-order valence-corrected chi connectivity index (χ1v) is 20.1. The molecule has 0 amide bonds. The van der Waals surface area contributed by atoms with Gasteiger partial charge >= 0.3 is 15.8 Å². The summed E-state index contributed by atoms with van der Waals surface area (Å²) in [5, 5.41) is 28.1. The van der Waals surface area contributed by atoms with Crippen molar-refractivity contribution in [2.45, 2.75) is 9.79 Å². The molecule has 57 heavy (non-hydrogen) atoms. The molecule has 1 aromatic heterocycles. The molecule has 21 nitrogen and oxygen atoms in total. The average molecular weight is 860 g/mol. The zero-order valence-corrected chi connectivity index (χ0v) is 31.6. The molecule has 294 valence electrons. The van der Waals surface area contributed by atoms with E-state index in [1.54, 1.807) is 0 Å². The molecule has 2 aliphatic rings. The minimum Gasteiger partial charge on any atom is -0.497 e. The van der Waals surface area contributed by atoms with Crippen molar-refractivity contribution in [2.24, 2.45) is 5.11 Å². The number of aliphatic hydroxyl groups excluding tert-OH is 1. The van der Waals surface area contributed by atoms with Gasteiger partial charge in [-0.2, -0.15) is 40.2 Å². The minimum absolute atomic E-state index is 0.00388. The number of benzene rings is 3. The highest BCUT2D eigenvalue weighted by Crippen LogP contribution is 2.32. The van der Waals surface area contributed by atoms with Crippen LogP contribution in [0.15, 0.2) is 110 Å². The molecule has 2 heterocycles. The van der Waals surface area contributed by atoms with Gasteiger partial charge in [0.25, 0.3) is 32.0 Å². The number of methoxy groups -OCH3 is 1. The van der Waals surface area contributed by atoms with Crippen molar-refractivity contribution in [1.29, 1.82) is 0 Å². The first-order chi connectivity index (χ1) is 26.7. The van der Waals surface area contributed by atoms with Gasteiger partial charge in [0, 0.05) is 29.7 Å². The van der Waals surface area contributed by atoms with Crippen LogP contribution >= 0.6 is 11.6 Å². The number of nitrogens with one attached hydrogen (secondary N) is 2. The number of halogens is 1. The van der Waals surface area contributed by atoms with Crippen LogP contribution in [0.2, 0.25) is 5.02 Å². The average Bonchev–Trinajstić information content (AvgIpc) is 3.14. The highest BCUT2D eigenvalue weighted by Gasteiger charge is 2.41. The number of hydrogen-bond donors (Lipinski definition) is 7. The zero-order chi connectivity index (χ0) is 41.4. The smallest absolute Gasteiger partial charge is 0.433 e. The molecule has 0 radical (unpaired) electrons. The van der Waals surface area contributed by atoms with Gasteiger partial charge in [0.1, 0.15) is 15.8 Å². The predicted molar refractivity (Wildman–Crippen MR) is 201 cm³/mol. The standard InChI is InChI=1S/C32H23ClN8O13S3/c1-54-19-3-7-23(25(14-19)56(48,49)50)39-40-27-26(57(51,52)53)13-17-12-18(2-5-21(17)28(27)42)34-30-36-31(35-24-15-20(55(45,46)47)4-6-22(24)33)38-32(37-30)41-10-8-16(9-11-41)29(43)44/h2-15H,1H3,(H6-,34,35,36,37,38,42,43,44,45,46,47,48,49,50,51,52,53)/p+1. The Morgan fingerprint density at radius 3 is 2.14 bits per heavy atom. The maximum absolute atomic E-state index is 13.6. The largest absolute Gasteiger partial charge is 0.497 e. The summed E-state index contributed by atoms with van der Waals surface area (Å²) in [5.74, 6) is -2.50. The second-order valence-electron chi connectivity index (χ2n) is 11.4. The van der Waals surface area contributed by atoms with Gasteiger partial charge in [-0.1, -0.05) is 11.6 Å². The van der Waals surface area contributed by atoms with Crippen LogP contribution in [-0.2, 0) is 30.4 Å². The van der Waals surface area contributed by atoms with Crippen LogP contribution in [0.5, 0.6) is 5.75 Å². The Kier molecular flexibility index (Phi) is 10.7. The number of anilines is 5. The van der Waals surface area contributed by atoms with Crippen molar-refractivity contribution in [3.8, 4) is 5.75 Å². The van der Waals surface area contributed by atoms with Crippen molar-refractivity contribution in [3.63, 3.8) is 0 Å². The minimum atomic E-state index is -5.17. The first-order valence-electron chi connectivity index (χ1n) is 15.4. The summed E-state index contributed by atoms with van der Waals surface area (Å²) >= 11 is 6.26. The summed E-state index contributed by atoms with van der Waals surface area (Å²) in [6.45, 7) is 0. The third-order valence-electron chi connectivity index (χ3n) is 7.69. The number of rotatable bonds is 10. The van der Waals surface area contributed by atoms with E-state index in [1.807, 2.05) is 0 Å². The number of hydrogen-bond acceptors (Lipinski definition) is 17. The highest BCUT2D eigenvalue weighted by molar-refractivity contribution is 7.91. The van der Waals surface area contributed by atoms with Gasteiger partial charge in [-0.05, 0) is 72.3 Å². The van der Waals surface area contributed by atoms with E-state index in [4.69, 9.17) is 16.3 Å². The van der Waals surface area contributed by atoms with Crippen LogP contribution in [0, 0.1) is 0 Å². The molecule has 6 rings (SSSR count). The van der Waals surface area contributed by atoms with Crippen LogP contribution in [0.4, 0.5) is 34.9 Å². The maximum Gasteiger partial charge on any atom is 0.433 e. The lowest BCUT2D eigenvalue weighted by atomic mass is 9.94. The van der Waals surface area contributed by atoms with Crippen molar-refractivity contribution >= 4 is 94.4 Å². The van der Waals surface area contributed by atoms with E-state index in [0.717, 1.165) is 30.3 Å².